The van der Waals surface area contributed by atoms with Gasteiger partial charge in [0, 0.05) is 17.3 Å². The zero-order valence-electron chi connectivity index (χ0n) is 14.4. The monoisotopic (exact) mass is 387 g/mol. The first-order chi connectivity index (χ1) is 13.0. The third-order valence-corrected chi connectivity index (χ3v) is 4.41. The maximum atomic E-state index is 12.2. The summed E-state index contributed by atoms with van der Waals surface area (Å²) in [4.78, 5) is 39.6. The fraction of sp³-hybridized carbons (Fsp3) is 0.235. The van der Waals surface area contributed by atoms with Crippen LogP contribution < -0.4 is 10.6 Å². The van der Waals surface area contributed by atoms with E-state index in [0.29, 0.717) is 10.5 Å². The number of rotatable bonds is 7. The first kappa shape index (κ1) is 18.5. The van der Waals surface area contributed by atoms with Crippen molar-refractivity contribution < 1.29 is 19.1 Å². The summed E-state index contributed by atoms with van der Waals surface area (Å²) in [5.41, 5.74) is 1.81. The second kappa shape index (κ2) is 8.41. The SMILES string of the molecule is Cc1csc(NC(=O)COC(=O)CCNC(=O)c2n[nH]c3ccccc23)n1. The van der Waals surface area contributed by atoms with Crippen molar-refractivity contribution in [2.24, 2.45) is 0 Å². The molecular formula is C17H17N5O4S. The number of H-pyrrole nitrogens is 1. The average molecular weight is 387 g/mol. The van der Waals surface area contributed by atoms with Crippen LogP contribution in [-0.2, 0) is 14.3 Å². The number of aromatic amines is 1. The van der Waals surface area contributed by atoms with Gasteiger partial charge in [-0.15, -0.1) is 11.3 Å². The molecule has 0 aliphatic carbocycles. The van der Waals surface area contributed by atoms with E-state index in [-0.39, 0.29) is 18.7 Å². The average Bonchev–Trinajstić information content (AvgIpc) is 3.26. The predicted molar refractivity (Wildman–Crippen MR) is 99.5 cm³/mol. The molecule has 2 aromatic heterocycles. The maximum absolute atomic E-state index is 12.2. The molecule has 9 nitrogen and oxygen atoms in total. The molecule has 0 aliphatic heterocycles. The van der Waals surface area contributed by atoms with Crippen LogP contribution in [0.4, 0.5) is 5.13 Å². The molecule has 0 radical (unpaired) electrons. The standard InChI is InChI=1S/C17H17N5O4S/c1-10-9-27-17(19-10)20-13(23)8-26-14(24)6-7-18-16(25)15-11-4-2-3-5-12(11)21-22-15/h2-5,9H,6-8H2,1H3,(H,18,25)(H,21,22)(H,19,20,23). The van der Waals surface area contributed by atoms with E-state index in [1.807, 2.05) is 25.1 Å². The lowest BCUT2D eigenvalue weighted by Crippen LogP contribution is -2.28. The van der Waals surface area contributed by atoms with Gasteiger partial charge in [-0.05, 0) is 13.0 Å². The largest absolute Gasteiger partial charge is 0.456 e. The van der Waals surface area contributed by atoms with Crippen LogP contribution in [0, 0.1) is 6.92 Å². The number of nitrogens with zero attached hydrogens (tertiary/aromatic N) is 2. The van der Waals surface area contributed by atoms with Crippen molar-refractivity contribution in [3.05, 3.63) is 41.0 Å². The number of amides is 2. The predicted octanol–water partition coefficient (Wildman–Crippen LogP) is 1.63. The fourth-order valence-electron chi connectivity index (χ4n) is 2.28. The number of aromatic nitrogens is 3. The molecule has 0 bridgehead atoms. The number of anilines is 1. The molecule has 10 heteroatoms. The van der Waals surface area contributed by atoms with Crippen molar-refractivity contribution in [3.8, 4) is 0 Å². The Bertz CT molecular complexity index is 981. The molecule has 0 spiro atoms. The number of nitrogens with one attached hydrogen (secondary N) is 3. The molecule has 0 aliphatic rings. The first-order valence-electron chi connectivity index (χ1n) is 8.12. The molecule has 0 unspecified atom stereocenters. The highest BCUT2D eigenvalue weighted by atomic mass is 32.1. The summed E-state index contributed by atoms with van der Waals surface area (Å²) in [6.07, 6.45) is -0.0578. The molecule has 2 heterocycles. The molecule has 2 amide bonds. The van der Waals surface area contributed by atoms with E-state index in [1.54, 1.807) is 11.4 Å². The summed E-state index contributed by atoms with van der Waals surface area (Å²) in [7, 11) is 0. The van der Waals surface area contributed by atoms with Crippen LogP contribution in [0.25, 0.3) is 10.9 Å². The second-order valence-corrected chi connectivity index (χ2v) is 6.48. The highest BCUT2D eigenvalue weighted by molar-refractivity contribution is 7.13. The topological polar surface area (TPSA) is 126 Å². The number of fused-ring (bicyclic) bond motifs is 1. The highest BCUT2D eigenvalue weighted by Gasteiger charge is 2.14. The van der Waals surface area contributed by atoms with Crippen molar-refractivity contribution in [2.45, 2.75) is 13.3 Å². The molecule has 0 saturated heterocycles. The number of benzene rings is 1. The number of thiazole rings is 1. The van der Waals surface area contributed by atoms with E-state index in [9.17, 15) is 14.4 Å². The lowest BCUT2D eigenvalue weighted by atomic mass is 10.2. The third-order valence-electron chi connectivity index (χ3n) is 3.53. The Morgan fingerprint density at radius 1 is 1.26 bits per heavy atom. The Hall–Kier alpha value is -3.27. The fourth-order valence-corrected chi connectivity index (χ4v) is 2.99. The van der Waals surface area contributed by atoms with Crippen LogP contribution in [0.2, 0.25) is 0 Å². The second-order valence-electron chi connectivity index (χ2n) is 5.63. The lowest BCUT2D eigenvalue weighted by molar-refractivity contribution is -0.147. The molecule has 3 aromatic rings. The van der Waals surface area contributed by atoms with E-state index in [4.69, 9.17) is 4.74 Å². The van der Waals surface area contributed by atoms with Gasteiger partial charge in [0.15, 0.2) is 17.4 Å². The van der Waals surface area contributed by atoms with Crippen LogP contribution in [0.1, 0.15) is 22.6 Å². The maximum Gasteiger partial charge on any atom is 0.308 e. The van der Waals surface area contributed by atoms with Gasteiger partial charge in [0.2, 0.25) is 0 Å². The smallest absolute Gasteiger partial charge is 0.308 e. The summed E-state index contributed by atoms with van der Waals surface area (Å²) in [6, 6.07) is 7.24. The number of hydrogen-bond acceptors (Lipinski definition) is 7. The van der Waals surface area contributed by atoms with Gasteiger partial charge in [-0.3, -0.25) is 24.8 Å². The van der Waals surface area contributed by atoms with E-state index >= 15 is 0 Å². The van der Waals surface area contributed by atoms with Gasteiger partial charge in [0.1, 0.15) is 0 Å². The van der Waals surface area contributed by atoms with Crippen LogP contribution in [-0.4, -0.2) is 46.1 Å². The number of hydrogen-bond donors (Lipinski definition) is 3. The number of carbonyl (C=O) groups is 3. The Balaban J connectivity index is 1.39. The van der Waals surface area contributed by atoms with Gasteiger partial charge in [0.25, 0.3) is 11.8 Å². The van der Waals surface area contributed by atoms with Gasteiger partial charge in [-0.1, -0.05) is 18.2 Å². The minimum Gasteiger partial charge on any atom is -0.456 e. The molecule has 140 valence electrons. The summed E-state index contributed by atoms with van der Waals surface area (Å²) in [5.74, 6) is -1.45. The van der Waals surface area contributed by atoms with Crippen LogP contribution in [0.3, 0.4) is 0 Å². The quantitative estimate of drug-likeness (QED) is 0.529. The molecule has 0 saturated carbocycles. The molecule has 3 N–H and O–H groups in total. The number of para-hydroxylation sites is 1. The van der Waals surface area contributed by atoms with E-state index in [2.05, 4.69) is 25.8 Å². The number of carbonyl (C=O) groups excluding carboxylic acids is 3. The van der Waals surface area contributed by atoms with Gasteiger partial charge in [-0.2, -0.15) is 5.10 Å². The molecule has 27 heavy (non-hydrogen) atoms. The zero-order valence-corrected chi connectivity index (χ0v) is 15.3. The first-order valence-corrected chi connectivity index (χ1v) is 9.00. The van der Waals surface area contributed by atoms with Crippen molar-refractivity contribution in [2.75, 3.05) is 18.5 Å². The lowest BCUT2D eigenvalue weighted by Gasteiger charge is -2.05. The van der Waals surface area contributed by atoms with Gasteiger partial charge < -0.3 is 10.1 Å². The minimum absolute atomic E-state index is 0.0578. The third kappa shape index (κ3) is 4.88. The van der Waals surface area contributed by atoms with Crippen molar-refractivity contribution in [1.82, 2.24) is 20.5 Å². The normalized spacial score (nSPS) is 10.6. The molecular weight excluding hydrogens is 370 g/mol. The van der Waals surface area contributed by atoms with Gasteiger partial charge in [0.05, 0.1) is 17.6 Å². The number of ether oxygens (including phenoxy) is 1. The Labute approximate surface area is 158 Å². The van der Waals surface area contributed by atoms with Crippen molar-refractivity contribution in [1.29, 1.82) is 0 Å². The summed E-state index contributed by atoms with van der Waals surface area (Å²) < 4.78 is 4.88. The van der Waals surface area contributed by atoms with Gasteiger partial charge in [-0.25, -0.2) is 4.98 Å². The van der Waals surface area contributed by atoms with Gasteiger partial charge >= 0.3 is 5.97 Å². The van der Waals surface area contributed by atoms with Crippen molar-refractivity contribution >= 4 is 45.2 Å². The Kier molecular flexibility index (Phi) is 5.77. The zero-order chi connectivity index (χ0) is 19.2. The van der Waals surface area contributed by atoms with E-state index in [0.717, 1.165) is 11.2 Å². The van der Waals surface area contributed by atoms with Crippen molar-refractivity contribution in [3.63, 3.8) is 0 Å². The van der Waals surface area contributed by atoms with Crippen LogP contribution >= 0.6 is 11.3 Å². The Morgan fingerprint density at radius 2 is 2.07 bits per heavy atom. The Morgan fingerprint density at radius 3 is 2.85 bits per heavy atom. The number of esters is 1. The molecule has 0 atom stereocenters. The summed E-state index contributed by atoms with van der Waals surface area (Å²) >= 11 is 1.29. The summed E-state index contributed by atoms with van der Waals surface area (Å²) in [5, 5.41) is 14.8. The van der Waals surface area contributed by atoms with E-state index in [1.165, 1.54) is 11.3 Å². The molecule has 0 fully saturated rings. The molecule has 3 rings (SSSR count). The summed E-state index contributed by atoms with van der Waals surface area (Å²) in [6.45, 7) is 1.48. The van der Waals surface area contributed by atoms with Crippen LogP contribution in [0.5, 0.6) is 0 Å². The number of aryl methyl sites for hydroxylation is 1. The van der Waals surface area contributed by atoms with E-state index < -0.39 is 24.4 Å². The molecule has 1 aromatic carbocycles. The van der Waals surface area contributed by atoms with Crippen LogP contribution in [0.15, 0.2) is 29.6 Å². The highest BCUT2D eigenvalue weighted by Crippen LogP contribution is 2.15. The minimum atomic E-state index is -0.590.